The predicted molar refractivity (Wildman–Crippen MR) is 106 cm³/mol. The molecule has 5 heteroatoms. The van der Waals surface area contributed by atoms with E-state index in [0.717, 1.165) is 77.3 Å². The van der Waals surface area contributed by atoms with Gasteiger partial charge in [-0.15, -0.1) is 0 Å². The van der Waals surface area contributed by atoms with Crippen LogP contribution in [0.15, 0.2) is 29.3 Å². The van der Waals surface area contributed by atoms with Crippen molar-refractivity contribution in [2.24, 2.45) is 4.99 Å². The molecule has 0 bridgehead atoms. The van der Waals surface area contributed by atoms with Crippen LogP contribution in [0, 0.1) is 0 Å². The number of hydrogen-bond donors (Lipinski definition) is 1. The van der Waals surface area contributed by atoms with Crippen molar-refractivity contribution >= 4 is 11.9 Å². The van der Waals surface area contributed by atoms with Gasteiger partial charge >= 0.3 is 0 Å². The third-order valence-electron chi connectivity index (χ3n) is 5.28. The van der Waals surface area contributed by atoms with Crippen molar-refractivity contribution in [2.75, 3.05) is 32.7 Å². The monoisotopic (exact) mass is 356 g/mol. The van der Waals surface area contributed by atoms with Crippen LogP contribution in [0.1, 0.15) is 50.2 Å². The SMILES string of the molecule is CCNC(=NCCCN1CCCCCC1=O)N1CCc2ccccc2C1. The zero-order chi connectivity index (χ0) is 18.2. The molecule has 0 aromatic heterocycles. The maximum absolute atomic E-state index is 12.1. The molecule has 1 aromatic carbocycles. The molecule has 0 atom stereocenters. The Morgan fingerprint density at radius 3 is 2.81 bits per heavy atom. The number of guanidine groups is 1. The van der Waals surface area contributed by atoms with Gasteiger partial charge in [0.15, 0.2) is 5.96 Å². The topological polar surface area (TPSA) is 47.9 Å². The highest BCUT2D eigenvalue weighted by atomic mass is 16.2. The molecule has 0 saturated carbocycles. The van der Waals surface area contributed by atoms with Crippen molar-refractivity contribution < 1.29 is 4.79 Å². The van der Waals surface area contributed by atoms with E-state index in [1.807, 2.05) is 4.90 Å². The minimum absolute atomic E-state index is 0.325. The number of rotatable bonds is 5. The summed E-state index contributed by atoms with van der Waals surface area (Å²) in [6.07, 6.45) is 6.10. The number of carbonyl (C=O) groups is 1. The molecule has 5 nitrogen and oxygen atoms in total. The Balaban J connectivity index is 1.53. The summed E-state index contributed by atoms with van der Waals surface area (Å²) in [6, 6.07) is 8.69. The van der Waals surface area contributed by atoms with E-state index in [1.165, 1.54) is 17.5 Å². The number of fused-ring (bicyclic) bond motifs is 1. The minimum Gasteiger partial charge on any atom is -0.357 e. The first-order chi connectivity index (χ1) is 12.8. The summed E-state index contributed by atoms with van der Waals surface area (Å²) in [6.45, 7) is 7.45. The molecule has 0 radical (unpaired) electrons. The molecular weight excluding hydrogens is 324 g/mol. The largest absolute Gasteiger partial charge is 0.357 e. The summed E-state index contributed by atoms with van der Waals surface area (Å²) in [4.78, 5) is 21.3. The molecule has 1 aromatic rings. The van der Waals surface area contributed by atoms with E-state index >= 15 is 0 Å². The molecule has 2 aliphatic rings. The molecule has 26 heavy (non-hydrogen) atoms. The standard InChI is InChI=1S/C21H32N4O/c1-2-22-21(25-16-12-18-9-5-6-10-19(18)17-25)23-13-8-15-24-14-7-3-4-11-20(24)26/h5-6,9-10H,2-4,7-8,11-17H2,1H3,(H,22,23). The van der Waals surface area contributed by atoms with E-state index in [1.54, 1.807) is 0 Å². The van der Waals surface area contributed by atoms with E-state index in [0.29, 0.717) is 5.91 Å². The molecule has 3 rings (SSSR count). The lowest BCUT2D eigenvalue weighted by molar-refractivity contribution is -0.130. The summed E-state index contributed by atoms with van der Waals surface area (Å²) in [5.41, 5.74) is 2.86. The van der Waals surface area contributed by atoms with Gasteiger partial charge in [-0.05, 0) is 43.7 Å². The number of amides is 1. The van der Waals surface area contributed by atoms with Gasteiger partial charge in [0, 0.05) is 45.7 Å². The number of aliphatic imine (C=N–C) groups is 1. The average Bonchev–Trinajstić information content (AvgIpc) is 2.88. The number of benzene rings is 1. The number of nitrogens with one attached hydrogen (secondary N) is 1. The molecule has 1 fully saturated rings. The Morgan fingerprint density at radius 2 is 1.96 bits per heavy atom. The van der Waals surface area contributed by atoms with Crippen molar-refractivity contribution in [2.45, 2.75) is 52.0 Å². The number of nitrogens with zero attached hydrogens (tertiary/aromatic N) is 3. The molecule has 1 N–H and O–H groups in total. The van der Waals surface area contributed by atoms with Crippen molar-refractivity contribution in [1.82, 2.24) is 15.1 Å². The second-order valence-electron chi connectivity index (χ2n) is 7.22. The van der Waals surface area contributed by atoms with E-state index in [9.17, 15) is 4.79 Å². The Hall–Kier alpha value is -2.04. The molecule has 2 heterocycles. The second kappa shape index (κ2) is 9.60. The smallest absolute Gasteiger partial charge is 0.222 e. The summed E-state index contributed by atoms with van der Waals surface area (Å²) >= 11 is 0. The van der Waals surface area contributed by atoms with Gasteiger partial charge in [-0.1, -0.05) is 30.7 Å². The Labute approximate surface area is 157 Å². The third-order valence-corrected chi connectivity index (χ3v) is 5.28. The number of carbonyl (C=O) groups excluding carboxylic acids is 1. The van der Waals surface area contributed by atoms with Gasteiger partial charge in [0.2, 0.25) is 5.91 Å². The van der Waals surface area contributed by atoms with Crippen molar-refractivity contribution in [3.05, 3.63) is 35.4 Å². The highest BCUT2D eigenvalue weighted by Crippen LogP contribution is 2.18. The summed E-state index contributed by atoms with van der Waals surface area (Å²) < 4.78 is 0. The fourth-order valence-corrected chi connectivity index (χ4v) is 3.82. The van der Waals surface area contributed by atoms with Gasteiger partial charge < -0.3 is 15.1 Å². The zero-order valence-corrected chi connectivity index (χ0v) is 16.0. The lowest BCUT2D eigenvalue weighted by Crippen LogP contribution is -2.44. The van der Waals surface area contributed by atoms with Crippen molar-refractivity contribution in [3.63, 3.8) is 0 Å². The maximum Gasteiger partial charge on any atom is 0.222 e. The van der Waals surface area contributed by atoms with Crippen LogP contribution in [-0.4, -0.2) is 54.4 Å². The first-order valence-corrected chi connectivity index (χ1v) is 10.2. The van der Waals surface area contributed by atoms with Gasteiger partial charge in [-0.25, -0.2) is 0 Å². The van der Waals surface area contributed by atoms with Crippen LogP contribution in [-0.2, 0) is 17.8 Å². The Kier molecular flexibility index (Phi) is 6.92. The lowest BCUT2D eigenvalue weighted by atomic mass is 10.0. The summed E-state index contributed by atoms with van der Waals surface area (Å²) in [7, 11) is 0. The summed E-state index contributed by atoms with van der Waals surface area (Å²) in [5.74, 6) is 1.33. The molecule has 142 valence electrons. The average molecular weight is 357 g/mol. The maximum atomic E-state index is 12.1. The fraction of sp³-hybridized carbons (Fsp3) is 0.619. The van der Waals surface area contributed by atoms with Crippen LogP contribution >= 0.6 is 0 Å². The lowest BCUT2D eigenvalue weighted by Gasteiger charge is -2.31. The van der Waals surface area contributed by atoms with Crippen LogP contribution in [0.5, 0.6) is 0 Å². The van der Waals surface area contributed by atoms with Crippen LogP contribution in [0.2, 0.25) is 0 Å². The molecule has 1 amide bonds. The fourth-order valence-electron chi connectivity index (χ4n) is 3.82. The Morgan fingerprint density at radius 1 is 1.12 bits per heavy atom. The second-order valence-corrected chi connectivity index (χ2v) is 7.22. The van der Waals surface area contributed by atoms with Crippen LogP contribution in [0.3, 0.4) is 0 Å². The molecule has 0 unspecified atom stereocenters. The summed E-state index contributed by atoms with van der Waals surface area (Å²) in [5, 5.41) is 3.44. The molecule has 1 saturated heterocycles. The van der Waals surface area contributed by atoms with E-state index < -0.39 is 0 Å². The molecule has 2 aliphatic heterocycles. The molecule has 0 spiro atoms. The van der Waals surface area contributed by atoms with Gasteiger partial charge in [0.1, 0.15) is 0 Å². The third kappa shape index (κ3) is 4.99. The van der Waals surface area contributed by atoms with E-state index in [-0.39, 0.29) is 0 Å². The highest BCUT2D eigenvalue weighted by molar-refractivity contribution is 5.80. The minimum atomic E-state index is 0.325. The first-order valence-electron chi connectivity index (χ1n) is 10.2. The molecular formula is C21H32N4O. The highest BCUT2D eigenvalue weighted by Gasteiger charge is 2.19. The van der Waals surface area contributed by atoms with Gasteiger partial charge in [-0.3, -0.25) is 9.79 Å². The van der Waals surface area contributed by atoms with E-state index in [2.05, 4.69) is 41.4 Å². The van der Waals surface area contributed by atoms with Gasteiger partial charge in [-0.2, -0.15) is 0 Å². The van der Waals surface area contributed by atoms with E-state index in [4.69, 9.17) is 4.99 Å². The first kappa shape index (κ1) is 18.7. The zero-order valence-electron chi connectivity index (χ0n) is 16.0. The van der Waals surface area contributed by atoms with Crippen molar-refractivity contribution in [1.29, 1.82) is 0 Å². The van der Waals surface area contributed by atoms with Gasteiger partial charge in [0.05, 0.1) is 0 Å². The predicted octanol–water partition coefficient (Wildman–Crippen LogP) is 2.80. The normalized spacial score (nSPS) is 18.5. The van der Waals surface area contributed by atoms with Crippen LogP contribution < -0.4 is 5.32 Å². The van der Waals surface area contributed by atoms with Crippen LogP contribution in [0.4, 0.5) is 0 Å². The number of likely N-dealkylation sites (tertiary alicyclic amines) is 1. The van der Waals surface area contributed by atoms with Crippen LogP contribution in [0.25, 0.3) is 0 Å². The molecule has 0 aliphatic carbocycles. The van der Waals surface area contributed by atoms with Gasteiger partial charge in [0.25, 0.3) is 0 Å². The van der Waals surface area contributed by atoms with Crippen molar-refractivity contribution in [3.8, 4) is 0 Å². The number of hydrogen-bond acceptors (Lipinski definition) is 2. The quantitative estimate of drug-likeness (QED) is 0.501. The Bertz CT molecular complexity index is 628.